The Hall–Kier alpha value is -1.71. The summed E-state index contributed by atoms with van der Waals surface area (Å²) in [4.78, 5) is 8.27. The van der Waals surface area contributed by atoms with Crippen LogP contribution in [0.3, 0.4) is 0 Å². The molecule has 0 amide bonds. The Balaban J connectivity index is 1.60. The van der Waals surface area contributed by atoms with Gasteiger partial charge in [-0.1, -0.05) is 24.3 Å². The molecule has 100 valence electrons. The summed E-state index contributed by atoms with van der Waals surface area (Å²) >= 11 is 1.96. The standard InChI is InChI=1S/C17H16N2S/c1-2-6-16-14(5-1)15-7-9-19(12-17(15)20-16)11-13-4-3-8-18-10-13/h1-6,8,10H,7,9,11-12H2. The van der Waals surface area contributed by atoms with Crippen molar-refractivity contribution in [2.75, 3.05) is 6.54 Å². The molecular formula is C17H16N2S. The fourth-order valence-corrected chi connectivity index (χ4v) is 4.28. The van der Waals surface area contributed by atoms with E-state index in [9.17, 15) is 0 Å². The van der Waals surface area contributed by atoms with Gasteiger partial charge in [-0.15, -0.1) is 11.3 Å². The number of hydrogen-bond acceptors (Lipinski definition) is 3. The van der Waals surface area contributed by atoms with Gasteiger partial charge in [0, 0.05) is 41.6 Å². The molecule has 2 aromatic heterocycles. The predicted molar refractivity (Wildman–Crippen MR) is 83.9 cm³/mol. The quantitative estimate of drug-likeness (QED) is 0.708. The summed E-state index contributed by atoms with van der Waals surface area (Å²) in [6.45, 7) is 3.22. The molecule has 2 nitrogen and oxygen atoms in total. The molecule has 0 atom stereocenters. The van der Waals surface area contributed by atoms with E-state index in [0.717, 1.165) is 19.6 Å². The van der Waals surface area contributed by atoms with Crippen LogP contribution in [0.2, 0.25) is 0 Å². The fourth-order valence-electron chi connectivity index (χ4n) is 2.99. The van der Waals surface area contributed by atoms with Gasteiger partial charge in [0.25, 0.3) is 0 Å². The first-order chi connectivity index (χ1) is 9.90. The van der Waals surface area contributed by atoms with Crippen LogP contribution in [0.15, 0.2) is 48.8 Å². The number of nitrogens with zero attached hydrogens (tertiary/aromatic N) is 2. The highest BCUT2D eigenvalue weighted by Crippen LogP contribution is 2.35. The molecule has 3 aromatic rings. The molecule has 0 saturated heterocycles. The molecule has 0 fully saturated rings. The van der Waals surface area contributed by atoms with Gasteiger partial charge in [0.1, 0.15) is 0 Å². The molecule has 0 unspecified atom stereocenters. The van der Waals surface area contributed by atoms with Crippen molar-refractivity contribution in [2.45, 2.75) is 19.5 Å². The van der Waals surface area contributed by atoms with E-state index in [4.69, 9.17) is 0 Å². The summed E-state index contributed by atoms with van der Waals surface area (Å²) in [6, 6.07) is 13.0. The van der Waals surface area contributed by atoms with E-state index in [1.165, 1.54) is 22.1 Å². The second-order valence-corrected chi connectivity index (χ2v) is 6.46. The van der Waals surface area contributed by atoms with Gasteiger partial charge in [-0.2, -0.15) is 0 Å². The minimum atomic E-state index is 1.00. The van der Waals surface area contributed by atoms with E-state index in [2.05, 4.69) is 40.2 Å². The minimum Gasteiger partial charge on any atom is -0.294 e. The van der Waals surface area contributed by atoms with Crippen molar-refractivity contribution in [3.8, 4) is 0 Å². The Morgan fingerprint density at radius 3 is 3.00 bits per heavy atom. The van der Waals surface area contributed by atoms with Crippen LogP contribution in [0.1, 0.15) is 16.0 Å². The van der Waals surface area contributed by atoms with Crippen molar-refractivity contribution in [3.05, 3.63) is 64.8 Å². The van der Waals surface area contributed by atoms with Gasteiger partial charge in [0.15, 0.2) is 0 Å². The molecule has 3 heterocycles. The summed E-state index contributed by atoms with van der Waals surface area (Å²) in [5, 5.41) is 1.47. The molecule has 1 aliphatic heterocycles. The number of hydrogen-bond donors (Lipinski definition) is 0. The smallest absolute Gasteiger partial charge is 0.0349 e. The Kier molecular flexibility index (Phi) is 3.02. The first-order valence-corrected chi connectivity index (χ1v) is 7.82. The maximum Gasteiger partial charge on any atom is 0.0349 e. The monoisotopic (exact) mass is 280 g/mol. The molecule has 1 aliphatic rings. The van der Waals surface area contributed by atoms with Crippen LogP contribution in [-0.4, -0.2) is 16.4 Å². The number of benzene rings is 1. The van der Waals surface area contributed by atoms with Gasteiger partial charge in [-0.3, -0.25) is 9.88 Å². The first-order valence-electron chi connectivity index (χ1n) is 7.01. The average molecular weight is 280 g/mol. The second-order valence-electron chi connectivity index (χ2n) is 5.32. The van der Waals surface area contributed by atoms with E-state index >= 15 is 0 Å². The lowest BCUT2D eigenvalue weighted by molar-refractivity contribution is 0.249. The van der Waals surface area contributed by atoms with Crippen molar-refractivity contribution < 1.29 is 0 Å². The van der Waals surface area contributed by atoms with E-state index in [1.54, 1.807) is 10.4 Å². The van der Waals surface area contributed by atoms with Gasteiger partial charge < -0.3 is 0 Å². The summed E-state index contributed by atoms with van der Waals surface area (Å²) in [5.41, 5.74) is 2.88. The highest BCUT2D eigenvalue weighted by molar-refractivity contribution is 7.19. The average Bonchev–Trinajstić information content (AvgIpc) is 2.86. The summed E-state index contributed by atoms with van der Waals surface area (Å²) in [5.74, 6) is 0. The van der Waals surface area contributed by atoms with Gasteiger partial charge in [-0.05, 0) is 35.1 Å². The molecule has 0 spiro atoms. The highest BCUT2D eigenvalue weighted by Gasteiger charge is 2.20. The number of aromatic nitrogens is 1. The lowest BCUT2D eigenvalue weighted by Crippen LogP contribution is -2.29. The van der Waals surface area contributed by atoms with Crippen LogP contribution < -0.4 is 0 Å². The van der Waals surface area contributed by atoms with Crippen molar-refractivity contribution in [1.82, 2.24) is 9.88 Å². The third-order valence-electron chi connectivity index (χ3n) is 3.96. The molecule has 0 aliphatic carbocycles. The molecule has 0 bridgehead atoms. The normalized spacial score (nSPS) is 15.4. The molecule has 20 heavy (non-hydrogen) atoms. The minimum absolute atomic E-state index is 1.00. The van der Waals surface area contributed by atoms with Gasteiger partial charge >= 0.3 is 0 Å². The first kappa shape index (κ1) is 12.1. The van der Waals surface area contributed by atoms with Gasteiger partial charge in [0.05, 0.1) is 0 Å². The zero-order chi connectivity index (χ0) is 13.4. The molecule has 4 rings (SSSR count). The molecule has 0 N–H and O–H groups in total. The predicted octanol–water partition coefficient (Wildman–Crippen LogP) is 3.85. The van der Waals surface area contributed by atoms with Crippen molar-refractivity contribution in [1.29, 1.82) is 0 Å². The molecule has 0 radical (unpaired) electrons. The highest BCUT2D eigenvalue weighted by atomic mass is 32.1. The van der Waals surface area contributed by atoms with E-state index < -0.39 is 0 Å². The number of pyridine rings is 1. The van der Waals surface area contributed by atoms with Gasteiger partial charge in [0.2, 0.25) is 0 Å². The third kappa shape index (κ3) is 2.13. The Morgan fingerprint density at radius 2 is 2.10 bits per heavy atom. The van der Waals surface area contributed by atoms with E-state index in [0.29, 0.717) is 0 Å². The lowest BCUT2D eigenvalue weighted by Gasteiger charge is -2.26. The Morgan fingerprint density at radius 1 is 1.15 bits per heavy atom. The zero-order valence-corrected chi connectivity index (χ0v) is 12.1. The number of fused-ring (bicyclic) bond motifs is 3. The van der Waals surface area contributed by atoms with Crippen LogP contribution in [0.5, 0.6) is 0 Å². The number of rotatable bonds is 2. The maximum atomic E-state index is 4.21. The third-order valence-corrected chi connectivity index (χ3v) is 5.15. The Bertz CT molecular complexity index is 733. The second kappa shape index (κ2) is 5.00. The van der Waals surface area contributed by atoms with Crippen molar-refractivity contribution in [2.24, 2.45) is 0 Å². The number of thiophene rings is 1. The van der Waals surface area contributed by atoms with Crippen LogP contribution in [0, 0.1) is 0 Å². The zero-order valence-electron chi connectivity index (χ0n) is 11.2. The van der Waals surface area contributed by atoms with Crippen LogP contribution in [0.25, 0.3) is 10.1 Å². The van der Waals surface area contributed by atoms with E-state index in [-0.39, 0.29) is 0 Å². The topological polar surface area (TPSA) is 16.1 Å². The fraction of sp³-hybridized carbons (Fsp3) is 0.235. The van der Waals surface area contributed by atoms with Crippen molar-refractivity contribution >= 4 is 21.4 Å². The van der Waals surface area contributed by atoms with E-state index in [1.807, 2.05) is 29.8 Å². The summed E-state index contributed by atoms with van der Waals surface area (Å²) < 4.78 is 1.43. The molecule has 0 saturated carbocycles. The van der Waals surface area contributed by atoms with Gasteiger partial charge in [-0.25, -0.2) is 0 Å². The lowest BCUT2D eigenvalue weighted by atomic mass is 10.0. The molecule has 3 heteroatoms. The van der Waals surface area contributed by atoms with Crippen molar-refractivity contribution in [3.63, 3.8) is 0 Å². The van der Waals surface area contributed by atoms with Crippen LogP contribution in [-0.2, 0) is 19.5 Å². The maximum absolute atomic E-state index is 4.21. The largest absolute Gasteiger partial charge is 0.294 e. The summed E-state index contributed by atoms with van der Waals surface area (Å²) in [7, 11) is 0. The summed E-state index contributed by atoms with van der Waals surface area (Å²) in [6.07, 6.45) is 4.98. The molecule has 1 aromatic carbocycles. The van der Waals surface area contributed by atoms with Crippen LogP contribution >= 0.6 is 11.3 Å². The van der Waals surface area contributed by atoms with Crippen LogP contribution in [0.4, 0.5) is 0 Å². The molecular weight excluding hydrogens is 264 g/mol. The Labute approximate surface area is 122 Å². The SMILES string of the molecule is c1cncc(CN2CCc3c(sc4ccccc34)C2)c1.